The van der Waals surface area contributed by atoms with Gasteiger partial charge in [-0.2, -0.15) is 0 Å². The number of nitrogens with zero attached hydrogens (tertiary/aromatic N) is 3. The van der Waals surface area contributed by atoms with Crippen LogP contribution in [0.25, 0.3) is 0 Å². The van der Waals surface area contributed by atoms with Gasteiger partial charge in [-0.25, -0.2) is 9.97 Å². The molecule has 2 aromatic rings. The first-order valence-corrected chi connectivity index (χ1v) is 6.45. The summed E-state index contributed by atoms with van der Waals surface area (Å²) in [4.78, 5) is 10.5. The quantitative estimate of drug-likeness (QED) is 0.812. The molecule has 1 aromatic carbocycles. The largest absolute Gasteiger partial charge is 0.497 e. The predicted octanol–water partition coefficient (Wildman–Crippen LogP) is 2.14. The summed E-state index contributed by atoms with van der Waals surface area (Å²) in [6.07, 6.45) is 3.29. The Morgan fingerprint density at radius 2 is 1.38 bits per heavy atom. The molecule has 6 heteroatoms. The lowest BCUT2D eigenvalue weighted by molar-refractivity contribution is 0.393. The normalized spacial score (nSPS) is 10.1. The molecule has 2 rings (SSSR count). The summed E-state index contributed by atoms with van der Waals surface area (Å²) in [6, 6.07) is 5.76. The minimum absolute atomic E-state index is 0.623. The number of hydrogen-bond acceptors (Lipinski definition) is 6. The Morgan fingerprint density at radius 3 is 1.86 bits per heavy atom. The van der Waals surface area contributed by atoms with Crippen molar-refractivity contribution in [3.05, 3.63) is 36.2 Å². The summed E-state index contributed by atoms with van der Waals surface area (Å²) in [6.45, 7) is 0.639. The predicted molar refractivity (Wildman–Crippen MR) is 80.2 cm³/mol. The smallest absolute Gasteiger partial charge is 0.225 e. The van der Waals surface area contributed by atoms with Gasteiger partial charge in [0.1, 0.15) is 11.5 Å². The van der Waals surface area contributed by atoms with Crippen LogP contribution in [0.4, 0.5) is 5.95 Å². The Labute approximate surface area is 124 Å². The number of hydrogen-bond donors (Lipinski definition) is 0. The van der Waals surface area contributed by atoms with E-state index in [0.29, 0.717) is 18.2 Å². The monoisotopic (exact) mass is 289 g/mol. The number of rotatable bonds is 6. The summed E-state index contributed by atoms with van der Waals surface area (Å²) in [7, 11) is 6.78. The topological polar surface area (TPSA) is 56.7 Å². The first-order valence-electron chi connectivity index (χ1n) is 6.45. The lowest BCUT2D eigenvalue weighted by Crippen LogP contribution is -2.19. The number of benzene rings is 1. The highest BCUT2D eigenvalue weighted by atomic mass is 16.5. The molecular formula is C15H19N3O3. The SMILES string of the molecule is COc1cnc(N(C)Cc2cc(OC)cc(OC)c2)nc1. The third-order valence-electron chi connectivity index (χ3n) is 3.02. The molecule has 112 valence electrons. The van der Waals surface area contributed by atoms with Gasteiger partial charge in [-0.1, -0.05) is 0 Å². The standard InChI is InChI=1S/C15H19N3O3/c1-18(15-16-8-14(21-4)9-17-15)10-11-5-12(19-2)7-13(6-11)20-3/h5-9H,10H2,1-4H3. The zero-order valence-corrected chi connectivity index (χ0v) is 12.7. The highest BCUT2D eigenvalue weighted by Crippen LogP contribution is 2.24. The van der Waals surface area contributed by atoms with Crippen LogP contribution in [0.1, 0.15) is 5.56 Å². The minimum Gasteiger partial charge on any atom is -0.497 e. The third kappa shape index (κ3) is 3.75. The van der Waals surface area contributed by atoms with Gasteiger partial charge < -0.3 is 19.1 Å². The molecule has 6 nitrogen and oxygen atoms in total. The first kappa shape index (κ1) is 14.9. The Hall–Kier alpha value is -2.50. The lowest BCUT2D eigenvalue weighted by Gasteiger charge is -2.18. The van der Waals surface area contributed by atoms with E-state index in [2.05, 4.69) is 9.97 Å². The van der Waals surface area contributed by atoms with Gasteiger partial charge in [0.25, 0.3) is 0 Å². The van der Waals surface area contributed by atoms with Gasteiger partial charge in [0, 0.05) is 19.7 Å². The number of methoxy groups -OCH3 is 3. The summed E-state index contributed by atoms with van der Waals surface area (Å²) in [5.74, 6) is 2.77. The molecule has 0 saturated carbocycles. The molecular weight excluding hydrogens is 270 g/mol. The van der Waals surface area contributed by atoms with Crippen LogP contribution in [0.2, 0.25) is 0 Å². The second kappa shape index (κ2) is 6.78. The first-order chi connectivity index (χ1) is 10.2. The van der Waals surface area contributed by atoms with Gasteiger partial charge in [0.2, 0.25) is 5.95 Å². The highest BCUT2D eigenvalue weighted by Gasteiger charge is 2.08. The van der Waals surface area contributed by atoms with E-state index in [1.807, 2.05) is 30.1 Å². The Bertz CT molecular complexity index is 565. The van der Waals surface area contributed by atoms with Gasteiger partial charge in [-0.3, -0.25) is 0 Å². The van der Waals surface area contributed by atoms with Gasteiger partial charge in [-0.05, 0) is 17.7 Å². The maximum absolute atomic E-state index is 5.27. The second-order valence-corrected chi connectivity index (χ2v) is 4.50. The van der Waals surface area contributed by atoms with E-state index >= 15 is 0 Å². The maximum Gasteiger partial charge on any atom is 0.225 e. The minimum atomic E-state index is 0.623. The van der Waals surface area contributed by atoms with Crippen molar-refractivity contribution in [1.82, 2.24) is 9.97 Å². The van der Waals surface area contributed by atoms with E-state index in [1.54, 1.807) is 33.7 Å². The molecule has 0 bridgehead atoms. The maximum atomic E-state index is 5.27. The third-order valence-corrected chi connectivity index (χ3v) is 3.02. The van der Waals surface area contributed by atoms with E-state index in [4.69, 9.17) is 14.2 Å². The van der Waals surface area contributed by atoms with Crippen LogP contribution in [0.5, 0.6) is 17.2 Å². The van der Waals surface area contributed by atoms with Crippen LogP contribution in [0.15, 0.2) is 30.6 Å². The fraction of sp³-hybridized carbons (Fsp3) is 0.333. The molecule has 0 aliphatic carbocycles. The van der Waals surface area contributed by atoms with Crippen molar-refractivity contribution in [1.29, 1.82) is 0 Å². The molecule has 0 unspecified atom stereocenters. The molecule has 1 aromatic heterocycles. The van der Waals surface area contributed by atoms with Gasteiger partial charge >= 0.3 is 0 Å². The van der Waals surface area contributed by atoms with Gasteiger partial charge in [0.05, 0.1) is 33.7 Å². The Balaban J connectivity index is 2.15. The van der Waals surface area contributed by atoms with Crippen molar-refractivity contribution in [2.45, 2.75) is 6.54 Å². The summed E-state index contributed by atoms with van der Waals surface area (Å²) in [5, 5.41) is 0. The van der Waals surface area contributed by atoms with E-state index < -0.39 is 0 Å². The van der Waals surface area contributed by atoms with E-state index in [0.717, 1.165) is 17.1 Å². The van der Waals surface area contributed by atoms with Crippen molar-refractivity contribution >= 4 is 5.95 Å². The van der Waals surface area contributed by atoms with Crippen molar-refractivity contribution in [2.24, 2.45) is 0 Å². The van der Waals surface area contributed by atoms with Crippen LogP contribution >= 0.6 is 0 Å². The zero-order valence-electron chi connectivity index (χ0n) is 12.7. The van der Waals surface area contributed by atoms with E-state index in [9.17, 15) is 0 Å². The van der Waals surface area contributed by atoms with E-state index in [-0.39, 0.29) is 0 Å². The van der Waals surface area contributed by atoms with E-state index in [1.165, 1.54) is 0 Å². The highest BCUT2D eigenvalue weighted by molar-refractivity contribution is 5.41. The van der Waals surface area contributed by atoms with Crippen LogP contribution in [-0.2, 0) is 6.54 Å². The molecule has 0 amide bonds. The number of aromatic nitrogens is 2. The molecule has 0 atom stereocenters. The van der Waals surface area contributed by atoms with Gasteiger partial charge in [-0.15, -0.1) is 0 Å². The molecule has 0 aliphatic rings. The number of anilines is 1. The summed E-state index contributed by atoms with van der Waals surface area (Å²) in [5.41, 5.74) is 1.05. The molecule has 0 aliphatic heterocycles. The average molecular weight is 289 g/mol. The molecule has 0 saturated heterocycles. The van der Waals surface area contributed by atoms with Crippen molar-refractivity contribution in [2.75, 3.05) is 33.3 Å². The molecule has 0 fully saturated rings. The fourth-order valence-electron chi connectivity index (χ4n) is 1.91. The van der Waals surface area contributed by atoms with Crippen molar-refractivity contribution in [3.8, 4) is 17.2 Å². The Kier molecular flexibility index (Phi) is 4.81. The molecule has 1 heterocycles. The Morgan fingerprint density at radius 1 is 0.857 bits per heavy atom. The average Bonchev–Trinajstić information content (AvgIpc) is 2.54. The molecule has 0 spiro atoms. The summed E-state index contributed by atoms with van der Waals surface area (Å²) < 4.78 is 15.6. The lowest BCUT2D eigenvalue weighted by atomic mass is 10.2. The van der Waals surface area contributed by atoms with Crippen molar-refractivity contribution < 1.29 is 14.2 Å². The molecule has 0 N–H and O–H groups in total. The van der Waals surface area contributed by atoms with Crippen LogP contribution < -0.4 is 19.1 Å². The molecule has 0 radical (unpaired) electrons. The number of ether oxygens (including phenoxy) is 3. The fourth-order valence-corrected chi connectivity index (χ4v) is 1.91. The van der Waals surface area contributed by atoms with Crippen LogP contribution in [0, 0.1) is 0 Å². The summed E-state index contributed by atoms with van der Waals surface area (Å²) >= 11 is 0. The van der Waals surface area contributed by atoms with Gasteiger partial charge in [0.15, 0.2) is 5.75 Å². The zero-order chi connectivity index (χ0) is 15.2. The second-order valence-electron chi connectivity index (χ2n) is 4.50. The molecule has 21 heavy (non-hydrogen) atoms. The van der Waals surface area contributed by atoms with Crippen molar-refractivity contribution in [3.63, 3.8) is 0 Å². The van der Waals surface area contributed by atoms with Crippen LogP contribution in [0.3, 0.4) is 0 Å². The van der Waals surface area contributed by atoms with Crippen LogP contribution in [-0.4, -0.2) is 38.3 Å².